The summed E-state index contributed by atoms with van der Waals surface area (Å²) < 4.78 is 5.16. The van der Waals surface area contributed by atoms with E-state index in [1.807, 2.05) is 19.1 Å². The number of para-hydroxylation sites is 1. The van der Waals surface area contributed by atoms with E-state index in [0.29, 0.717) is 11.0 Å². The minimum atomic E-state index is -1.15. The number of carboxylic acids is 1. The van der Waals surface area contributed by atoms with Gasteiger partial charge in [0, 0.05) is 5.39 Å². The van der Waals surface area contributed by atoms with Gasteiger partial charge in [-0.25, -0.2) is 4.79 Å². The van der Waals surface area contributed by atoms with E-state index in [1.54, 1.807) is 6.07 Å². The van der Waals surface area contributed by atoms with Crippen LogP contribution in [0.4, 0.5) is 0 Å². The molecule has 2 rings (SSSR count). The summed E-state index contributed by atoms with van der Waals surface area (Å²) in [6, 6.07) is 5.39. The first kappa shape index (κ1) is 9.09. The molecule has 0 saturated carbocycles. The zero-order valence-corrected chi connectivity index (χ0v) is 8.13. The molecule has 0 amide bonds. The number of benzene rings is 1. The van der Waals surface area contributed by atoms with Crippen molar-refractivity contribution in [2.45, 2.75) is 6.92 Å². The molecule has 0 fully saturated rings. The van der Waals surface area contributed by atoms with E-state index in [9.17, 15) is 4.79 Å². The average Bonchev–Trinajstić information content (AvgIpc) is 2.46. The number of hydrogen-bond acceptors (Lipinski definition) is 2. The highest BCUT2D eigenvalue weighted by atomic mass is 35.5. The standard InChI is InChI=1S/C10H7ClO3/c1-5-3-2-4-6-7(11)9(10(12)13)14-8(5)6/h2-4H,1H3,(H,12,13). The predicted molar refractivity (Wildman–Crippen MR) is 52.9 cm³/mol. The van der Waals surface area contributed by atoms with Crippen LogP contribution in [0.2, 0.25) is 5.02 Å². The largest absolute Gasteiger partial charge is 0.475 e. The Morgan fingerprint density at radius 3 is 2.79 bits per heavy atom. The Morgan fingerprint density at radius 1 is 1.50 bits per heavy atom. The Kier molecular flexibility index (Phi) is 1.97. The lowest BCUT2D eigenvalue weighted by atomic mass is 10.2. The van der Waals surface area contributed by atoms with E-state index in [1.165, 1.54) is 0 Å². The van der Waals surface area contributed by atoms with Crippen LogP contribution in [0, 0.1) is 6.92 Å². The highest BCUT2D eigenvalue weighted by Crippen LogP contribution is 2.32. The number of fused-ring (bicyclic) bond motifs is 1. The van der Waals surface area contributed by atoms with Gasteiger partial charge in [0.25, 0.3) is 0 Å². The number of carbonyl (C=O) groups is 1. The van der Waals surface area contributed by atoms with Crippen molar-refractivity contribution in [3.05, 3.63) is 34.5 Å². The maximum Gasteiger partial charge on any atom is 0.373 e. The third-order valence-corrected chi connectivity index (χ3v) is 2.42. The minimum Gasteiger partial charge on any atom is -0.475 e. The van der Waals surface area contributed by atoms with Gasteiger partial charge >= 0.3 is 5.97 Å². The van der Waals surface area contributed by atoms with Crippen molar-refractivity contribution in [2.75, 3.05) is 0 Å². The van der Waals surface area contributed by atoms with Crippen molar-refractivity contribution < 1.29 is 14.3 Å². The number of furan rings is 1. The molecular formula is C10H7ClO3. The Bertz CT molecular complexity index is 513. The number of carboxylic acid groups (broad SMARTS) is 1. The molecule has 3 nitrogen and oxygen atoms in total. The van der Waals surface area contributed by atoms with Crippen LogP contribution in [0.15, 0.2) is 22.6 Å². The third-order valence-electron chi connectivity index (χ3n) is 2.05. The molecule has 1 aromatic carbocycles. The van der Waals surface area contributed by atoms with Gasteiger partial charge in [0.05, 0.1) is 0 Å². The molecule has 72 valence electrons. The number of rotatable bonds is 1. The van der Waals surface area contributed by atoms with Gasteiger partial charge in [-0.2, -0.15) is 0 Å². The fourth-order valence-corrected chi connectivity index (χ4v) is 1.64. The lowest BCUT2D eigenvalue weighted by Crippen LogP contribution is -1.93. The van der Waals surface area contributed by atoms with Gasteiger partial charge in [-0.15, -0.1) is 0 Å². The molecule has 4 heteroatoms. The molecule has 0 aliphatic carbocycles. The van der Waals surface area contributed by atoms with Crippen LogP contribution in [0.3, 0.4) is 0 Å². The van der Waals surface area contributed by atoms with Gasteiger partial charge in [-0.3, -0.25) is 0 Å². The van der Waals surface area contributed by atoms with E-state index in [-0.39, 0.29) is 10.8 Å². The molecule has 0 bridgehead atoms. The van der Waals surface area contributed by atoms with E-state index >= 15 is 0 Å². The Balaban J connectivity index is 2.86. The highest BCUT2D eigenvalue weighted by Gasteiger charge is 2.18. The molecule has 0 unspecified atom stereocenters. The molecule has 1 N–H and O–H groups in total. The van der Waals surface area contributed by atoms with Crippen LogP contribution in [0.25, 0.3) is 11.0 Å². The lowest BCUT2D eigenvalue weighted by Gasteiger charge is -1.91. The monoisotopic (exact) mass is 210 g/mol. The SMILES string of the molecule is Cc1cccc2c(Cl)c(C(=O)O)oc12. The first-order chi connectivity index (χ1) is 6.61. The molecule has 0 aliphatic rings. The van der Waals surface area contributed by atoms with E-state index in [2.05, 4.69) is 0 Å². The second-order valence-electron chi connectivity index (χ2n) is 3.00. The number of aryl methyl sites for hydroxylation is 1. The summed E-state index contributed by atoms with van der Waals surface area (Å²) in [6.45, 7) is 1.84. The summed E-state index contributed by atoms with van der Waals surface area (Å²) in [7, 11) is 0. The van der Waals surface area contributed by atoms with Crippen LogP contribution in [0.1, 0.15) is 16.1 Å². The third kappa shape index (κ3) is 1.17. The Hall–Kier alpha value is -1.48. The molecule has 14 heavy (non-hydrogen) atoms. The Morgan fingerprint density at radius 2 is 2.21 bits per heavy atom. The quantitative estimate of drug-likeness (QED) is 0.787. The van der Waals surface area contributed by atoms with E-state index in [4.69, 9.17) is 21.1 Å². The summed E-state index contributed by atoms with van der Waals surface area (Å²) in [5.74, 6) is -1.35. The van der Waals surface area contributed by atoms with Gasteiger partial charge in [0.2, 0.25) is 5.76 Å². The van der Waals surface area contributed by atoms with Crippen molar-refractivity contribution in [1.82, 2.24) is 0 Å². The fraction of sp³-hybridized carbons (Fsp3) is 0.100. The van der Waals surface area contributed by atoms with Gasteiger partial charge in [0.15, 0.2) is 0 Å². The molecular weight excluding hydrogens is 204 g/mol. The normalized spacial score (nSPS) is 10.7. The van der Waals surface area contributed by atoms with Crippen LogP contribution in [-0.4, -0.2) is 11.1 Å². The van der Waals surface area contributed by atoms with Crippen molar-refractivity contribution >= 4 is 28.5 Å². The summed E-state index contributed by atoms with van der Waals surface area (Å²) in [4.78, 5) is 10.7. The smallest absolute Gasteiger partial charge is 0.373 e. The van der Waals surface area contributed by atoms with Crippen molar-refractivity contribution in [2.24, 2.45) is 0 Å². The summed E-state index contributed by atoms with van der Waals surface area (Å²) in [5.41, 5.74) is 1.41. The summed E-state index contributed by atoms with van der Waals surface area (Å²) in [5, 5.41) is 9.59. The van der Waals surface area contributed by atoms with Gasteiger partial charge in [-0.1, -0.05) is 23.7 Å². The lowest BCUT2D eigenvalue weighted by molar-refractivity contribution is 0.0665. The molecule has 0 radical (unpaired) electrons. The first-order valence-electron chi connectivity index (χ1n) is 4.02. The zero-order chi connectivity index (χ0) is 10.3. The number of halogens is 1. The number of aromatic carboxylic acids is 1. The van der Waals surface area contributed by atoms with E-state index in [0.717, 1.165) is 5.56 Å². The van der Waals surface area contributed by atoms with Crippen molar-refractivity contribution in [3.63, 3.8) is 0 Å². The first-order valence-corrected chi connectivity index (χ1v) is 4.40. The second-order valence-corrected chi connectivity index (χ2v) is 3.38. The predicted octanol–water partition coefficient (Wildman–Crippen LogP) is 3.09. The highest BCUT2D eigenvalue weighted by molar-refractivity contribution is 6.38. The van der Waals surface area contributed by atoms with Gasteiger partial charge in [0.1, 0.15) is 10.6 Å². The van der Waals surface area contributed by atoms with Crippen LogP contribution in [-0.2, 0) is 0 Å². The molecule has 2 aromatic rings. The van der Waals surface area contributed by atoms with Gasteiger partial charge < -0.3 is 9.52 Å². The van der Waals surface area contributed by atoms with E-state index < -0.39 is 5.97 Å². The fourth-order valence-electron chi connectivity index (χ4n) is 1.37. The number of hydrogen-bond donors (Lipinski definition) is 1. The van der Waals surface area contributed by atoms with Crippen molar-refractivity contribution in [3.8, 4) is 0 Å². The summed E-state index contributed by atoms with van der Waals surface area (Å²) in [6.07, 6.45) is 0. The summed E-state index contributed by atoms with van der Waals surface area (Å²) >= 11 is 5.85. The maximum absolute atomic E-state index is 10.7. The molecule has 0 spiro atoms. The molecule has 1 aromatic heterocycles. The second kappa shape index (κ2) is 3.03. The van der Waals surface area contributed by atoms with Crippen LogP contribution < -0.4 is 0 Å². The molecule has 0 saturated heterocycles. The zero-order valence-electron chi connectivity index (χ0n) is 7.37. The van der Waals surface area contributed by atoms with Gasteiger partial charge in [-0.05, 0) is 18.6 Å². The molecule has 1 heterocycles. The van der Waals surface area contributed by atoms with Crippen LogP contribution in [0.5, 0.6) is 0 Å². The minimum absolute atomic E-state index is 0.163. The van der Waals surface area contributed by atoms with Crippen molar-refractivity contribution in [1.29, 1.82) is 0 Å². The molecule has 0 atom stereocenters. The molecule has 0 aliphatic heterocycles. The maximum atomic E-state index is 10.7. The Labute approximate surface area is 84.9 Å². The average molecular weight is 211 g/mol. The topological polar surface area (TPSA) is 50.4 Å². The van der Waals surface area contributed by atoms with Crippen LogP contribution >= 0.6 is 11.6 Å².